The number of hydrogen-bond acceptors (Lipinski definition) is 3. The smallest absolute Gasteiger partial charge is 0.126 e. The van der Waals surface area contributed by atoms with E-state index in [1.165, 1.54) is 6.07 Å². The van der Waals surface area contributed by atoms with Gasteiger partial charge in [-0.25, -0.2) is 4.39 Å². The zero-order chi connectivity index (χ0) is 13.1. The average Bonchev–Trinajstić information content (AvgIpc) is 2.77. The van der Waals surface area contributed by atoms with E-state index in [2.05, 4.69) is 26.5 Å². The third kappa shape index (κ3) is 2.77. The predicted molar refractivity (Wildman–Crippen MR) is 71.1 cm³/mol. The second-order valence-electron chi connectivity index (χ2n) is 4.04. The quantitative estimate of drug-likeness (QED) is 0.671. The standard InChI is InChI=1S/C12H14BrFN4/c1-18-12(4-5-16-18)11(17-15)7-8-6-9(13)2-3-10(8)14/h2-6,11,17H,7,15H2,1H3. The van der Waals surface area contributed by atoms with E-state index in [4.69, 9.17) is 5.84 Å². The molecule has 0 radical (unpaired) electrons. The first-order valence-corrected chi connectivity index (χ1v) is 6.29. The topological polar surface area (TPSA) is 55.9 Å². The van der Waals surface area contributed by atoms with Crippen LogP contribution in [0.2, 0.25) is 0 Å². The number of halogens is 2. The van der Waals surface area contributed by atoms with E-state index in [0.29, 0.717) is 12.0 Å². The van der Waals surface area contributed by atoms with Gasteiger partial charge in [0.15, 0.2) is 0 Å². The van der Waals surface area contributed by atoms with E-state index < -0.39 is 0 Å². The molecule has 1 heterocycles. The normalized spacial score (nSPS) is 12.7. The first-order chi connectivity index (χ1) is 8.61. The SMILES string of the molecule is Cn1nccc1C(Cc1cc(Br)ccc1F)NN. The number of aromatic nitrogens is 2. The van der Waals surface area contributed by atoms with Crippen molar-refractivity contribution in [3.63, 3.8) is 0 Å². The Morgan fingerprint density at radius 1 is 1.50 bits per heavy atom. The third-order valence-corrected chi connectivity index (χ3v) is 3.34. The van der Waals surface area contributed by atoms with Crippen LogP contribution in [-0.4, -0.2) is 9.78 Å². The molecule has 0 saturated carbocycles. The van der Waals surface area contributed by atoms with E-state index in [0.717, 1.165) is 10.2 Å². The van der Waals surface area contributed by atoms with Crippen LogP contribution < -0.4 is 11.3 Å². The van der Waals surface area contributed by atoms with Crippen LogP contribution >= 0.6 is 15.9 Å². The van der Waals surface area contributed by atoms with Crippen LogP contribution in [0.25, 0.3) is 0 Å². The molecule has 0 aliphatic carbocycles. The molecule has 1 aromatic heterocycles. The van der Waals surface area contributed by atoms with Gasteiger partial charge in [0.2, 0.25) is 0 Å². The maximum absolute atomic E-state index is 13.7. The molecule has 0 saturated heterocycles. The van der Waals surface area contributed by atoms with Crippen molar-refractivity contribution >= 4 is 15.9 Å². The van der Waals surface area contributed by atoms with Crippen LogP contribution in [0.5, 0.6) is 0 Å². The summed E-state index contributed by atoms with van der Waals surface area (Å²) in [5.41, 5.74) is 4.22. The minimum atomic E-state index is -0.236. The summed E-state index contributed by atoms with van der Waals surface area (Å²) in [5.74, 6) is 5.31. The molecule has 0 spiro atoms. The summed E-state index contributed by atoms with van der Waals surface area (Å²) in [6.07, 6.45) is 2.15. The van der Waals surface area contributed by atoms with E-state index in [1.54, 1.807) is 23.0 Å². The van der Waals surface area contributed by atoms with E-state index in [-0.39, 0.29) is 11.9 Å². The van der Waals surface area contributed by atoms with Gasteiger partial charge in [0, 0.05) is 17.7 Å². The van der Waals surface area contributed by atoms with E-state index in [1.807, 2.05) is 13.1 Å². The average molecular weight is 313 g/mol. The highest BCUT2D eigenvalue weighted by molar-refractivity contribution is 9.10. The summed E-state index contributed by atoms with van der Waals surface area (Å²) in [4.78, 5) is 0. The summed E-state index contributed by atoms with van der Waals surface area (Å²) < 4.78 is 16.3. The maximum Gasteiger partial charge on any atom is 0.126 e. The molecular weight excluding hydrogens is 299 g/mol. The highest BCUT2D eigenvalue weighted by atomic mass is 79.9. The lowest BCUT2D eigenvalue weighted by molar-refractivity contribution is 0.495. The maximum atomic E-state index is 13.7. The molecule has 0 amide bonds. The molecule has 0 aliphatic heterocycles. The van der Waals surface area contributed by atoms with Gasteiger partial charge in [-0.15, -0.1) is 0 Å². The van der Waals surface area contributed by atoms with Crippen LogP contribution in [0.1, 0.15) is 17.3 Å². The molecule has 1 unspecified atom stereocenters. The fourth-order valence-electron chi connectivity index (χ4n) is 1.89. The zero-order valence-electron chi connectivity index (χ0n) is 9.90. The van der Waals surface area contributed by atoms with Crippen molar-refractivity contribution in [1.82, 2.24) is 15.2 Å². The number of benzene rings is 1. The van der Waals surface area contributed by atoms with Gasteiger partial charge < -0.3 is 0 Å². The van der Waals surface area contributed by atoms with Gasteiger partial charge in [0.25, 0.3) is 0 Å². The summed E-state index contributed by atoms with van der Waals surface area (Å²) in [6, 6.07) is 6.56. The molecule has 18 heavy (non-hydrogen) atoms. The summed E-state index contributed by atoms with van der Waals surface area (Å²) in [5, 5.41) is 4.09. The zero-order valence-corrected chi connectivity index (χ0v) is 11.5. The molecular formula is C12H14BrFN4. The second-order valence-corrected chi connectivity index (χ2v) is 4.95. The fourth-order valence-corrected chi connectivity index (χ4v) is 2.30. The molecule has 6 heteroatoms. The first kappa shape index (κ1) is 13.2. The Balaban J connectivity index is 2.26. The lowest BCUT2D eigenvalue weighted by Crippen LogP contribution is -2.31. The second kappa shape index (κ2) is 5.60. The van der Waals surface area contributed by atoms with Crippen molar-refractivity contribution in [2.75, 3.05) is 0 Å². The van der Waals surface area contributed by atoms with Crippen molar-refractivity contribution in [3.8, 4) is 0 Å². The van der Waals surface area contributed by atoms with Gasteiger partial charge in [0.1, 0.15) is 5.82 Å². The number of hydrazine groups is 1. The van der Waals surface area contributed by atoms with Crippen molar-refractivity contribution in [2.24, 2.45) is 12.9 Å². The van der Waals surface area contributed by atoms with Crippen LogP contribution in [0.4, 0.5) is 4.39 Å². The first-order valence-electron chi connectivity index (χ1n) is 5.49. The summed E-state index contributed by atoms with van der Waals surface area (Å²) in [6.45, 7) is 0. The highest BCUT2D eigenvalue weighted by Gasteiger charge is 2.16. The fraction of sp³-hybridized carbons (Fsp3) is 0.250. The number of nitrogens with zero attached hydrogens (tertiary/aromatic N) is 2. The number of rotatable bonds is 4. The van der Waals surface area contributed by atoms with Gasteiger partial charge in [-0.2, -0.15) is 5.10 Å². The van der Waals surface area contributed by atoms with Crippen molar-refractivity contribution in [1.29, 1.82) is 0 Å². The molecule has 0 bridgehead atoms. The monoisotopic (exact) mass is 312 g/mol. The van der Waals surface area contributed by atoms with Crippen LogP contribution in [0, 0.1) is 5.82 Å². The van der Waals surface area contributed by atoms with Crippen molar-refractivity contribution in [2.45, 2.75) is 12.5 Å². The number of nitrogens with one attached hydrogen (secondary N) is 1. The van der Waals surface area contributed by atoms with Crippen LogP contribution in [0.15, 0.2) is 34.9 Å². The predicted octanol–water partition coefficient (Wildman–Crippen LogP) is 2.07. The number of aryl methyl sites for hydroxylation is 1. The highest BCUT2D eigenvalue weighted by Crippen LogP contribution is 2.22. The Morgan fingerprint density at radius 3 is 2.89 bits per heavy atom. The molecule has 3 N–H and O–H groups in total. The van der Waals surface area contributed by atoms with Gasteiger partial charge >= 0.3 is 0 Å². The third-order valence-electron chi connectivity index (χ3n) is 2.85. The Labute approximate surface area is 113 Å². The largest absolute Gasteiger partial charge is 0.271 e. The molecule has 4 nitrogen and oxygen atoms in total. The van der Waals surface area contributed by atoms with Crippen LogP contribution in [-0.2, 0) is 13.5 Å². The Bertz CT molecular complexity index is 541. The van der Waals surface area contributed by atoms with Gasteiger partial charge in [-0.1, -0.05) is 15.9 Å². The molecule has 96 valence electrons. The van der Waals surface area contributed by atoms with Crippen LogP contribution in [0.3, 0.4) is 0 Å². The Hall–Kier alpha value is -1.24. The van der Waals surface area contributed by atoms with Gasteiger partial charge in [0.05, 0.1) is 11.7 Å². The molecule has 2 rings (SSSR count). The van der Waals surface area contributed by atoms with E-state index in [9.17, 15) is 4.39 Å². The Kier molecular flexibility index (Phi) is 4.11. The van der Waals surface area contributed by atoms with E-state index >= 15 is 0 Å². The molecule has 1 atom stereocenters. The minimum absolute atomic E-state index is 0.179. The summed E-state index contributed by atoms with van der Waals surface area (Å²) in [7, 11) is 1.83. The number of nitrogens with two attached hydrogens (primary N) is 1. The minimum Gasteiger partial charge on any atom is -0.271 e. The lowest BCUT2D eigenvalue weighted by Gasteiger charge is -2.16. The Morgan fingerprint density at radius 2 is 2.28 bits per heavy atom. The lowest BCUT2D eigenvalue weighted by atomic mass is 10.0. The van der Waals surface area contributed by atoms with Crippen molar-refractivity contribution in [3.05, 3.63) is 52.0 Å². The molecule has 2 aromatic rings. The molecule has 1 aromatic carbocycles. The van der Waals surface area contributed by atoms with Crippen molar-refractivity contribution < 1.29 is 4.39 Å². The molecule has 0 aliphatic rings. The van der Waals surface area contributed by atoms with Gasteiger partial charge in [-0.05, 0) is 36.2 Å². The summed E-state index contributed by atoms with van der Waals surface area (Å²) >= 11 is 3.34. The molecule has 0 fully saturated rings. The number of hydrogen-bond donors (Lipinski definition) is 2. The van der Waals surface area contributed by atoms with Gasteiger partial charge in [-0.3, -0.25) is 16.0 Å².